The first-order chi connectivity index (χ1) is 8.39. The van der Waals surface area contributed by atoms with Crippen molar-refractivity contribution in [2.45, 2.75) is 23.8 Å². The van der Waals surface area contributed by atoms with Gasteiger partial charge in [-0.05, 0) is 25.0 Å². The second-order valence-electron chi connectivity index (χ2n) is 4.26. The average molecular weight is 277 g/mol. The normalized spacial score (nSPS) is 22.1. The minimum Gasteiger partial charge on any atom is -0.392 e. The van der Waals surface area contributed by atoms with Crippen LogP contribution in [0.2, 0.25) is 0 Å². The Morgan fingerprint density at radius 2 is 1.83 bits per heavy atom. The largest absolute Gasteiger partial charge is 0.392 e. The number of aliphatic hydroxyl groups excluding tert-OH is 1. The fourth-order valence-corrected chi connectivity index (χ4v) is 3.52. The van der Waals surface area contributed by atoms with E-state index in [-0.39, 0.29) is 13.1 Å². The highest BCUT2D eigenvalue weighted by atomic mass is 32.2. The number of halogens is 2. The highest BCUT2D eigenvalue weighted by Gasteiger charge is 2.30. The number of sulfonamides is 1. The van der Waals surface area contributed by atoms with Crippen molar-refractivity contribution in [1.82, 2.24) is 4.31 Å². The number of piperidine rings is 1. The summed E-state index contributed by atoms with van der Waals surface area (Å²) in [6.07, 6.45) is 0.328. The van der Waals surface area contributed by atoms with E-state index in [9.17, 15) is 22.3 Å². The first-order valence-corrected chi connectivity index (χ1v) is 6.98. The Morgan fingerprint density at radius 3 is 2.39 bits per heavy atom. The second kappa shape index (κ2) is 4.91. The van der Waals surface area contributed by atoms with Gasteiger partial charge in [-0.1, -0.05) is 0 Å². The third-order valence-corrected chi connectivity index (χ3v) is 4.68. The molecule has 1 fully saturated rings. The number of β-amino-alcohol motifs (C(OH)–C–C–N with tert-alkyl or cyclic N) is 1. The van der Waals surface area contributed by atoms with Crippen molar-refractivity contribution >= 4 is 10.0 Å². The van der Waals surface area contributed by atoms with Crippen molar-refractivity contribution in [1.29, 1.82) is 0 Å². The molecule has 1 aromatic rings. The molecular weight excluding hydrogens is 264 g/mol. The molecule has 4 nitrogen and oxygen atoms in total. The summed E-state index contributed by atoms with van der Waals surface area (Å²) in [6.45, 7) is 0.206. The van der Waals surface area contributed by atoms with Crippen molar-refractivity contribution in [2.24, 2.45) is 0 Å². The van der Waals surface area contributed by atoms with Crippen molar-refractivity contribution in [3.63, 3.8) is 0 Å². The fraction of sp³-hybridized carbons (Fsp3) is 0.455. The number of aliphatic hydroxyl groups is 1. The number of nitrogens with zero attached hydrogens (tertiary/aromatic N) is 1. The standard InChI is InChI=1S/C11H13F2NO3S/c12-8-4-9(13)6-11(5-8)18(16,17)14-3-1-2-10(15)7-14/h4-6,10,15H,1-3,7H2/t10-/m0/s1. The second-order valence-corrected chi connectivity index (χ2v) is 6.20. The summed E-state index contributed by atoms with van der Waals surface area (Å²) < 4.78 is 51.3. The zero-order valence-corrected chi connectivity index (χ0v) is 10.3. The van der Waals surface area contributed by atoms with Gasteiger partial charge in [-0.3, -0.25) is 0 Å². The van der Waals surface area contributed by atoms with E-state index in [0.29, 0.717) is 18.9 Å². The van der Waals surface area contributed by atoms with Gasteiger partial charge < -0.3 is 5.11 Å². The quantitative estimate of drug-likeness (QED) is 0.881. The molecule has 1 atom stereocenters. The third-order valence-electron chi connectivity index (χ3n) is 2.83. The first kappa shape index (κ1) is 13.4. The van der Waals surface area contributed by atoms with Gasteiger partial charge in [-0.25, -0.2) is 17.2 Å². The Morgan fingerprint density at radius 1 is 1.22 bits per heavy atom. The van der Waals surface area contributed by atoms with Gasteiger partial charge in [-0.15, -0.1) is 0 Å². The number of rotatable bonds is 2. The number of hydrogen-bond acceptors (Lipinski definition) is 3. The molecule has 0 aromatic heterocycles. The molecular formula is C11H13F2NO3S. The van der Waals surface area contributed by atoms with E-state index in [2.05, 4.69) is 0 Å². The van der Waals surface area contributed by atoms with Crippen LogP contribution < -0.4 is 0 Å². The maximum absolute atomic E-state index is 13.0. The monoisotopic (exact) mass is 277 g/mol. The molecule has 0 aliphatic carbocycles. The summed E-state index contributed by atoms with van der Waals surface area (Å²) in [7, 11) is -3.95. The van der Waals surface area contributed by atoms with Crippen LogP contribution in [-0.4, -0.2) is 37.0 Å². The molecule has 0 spiro atoms. The summed E-state index contributed by atoms with van der Waals surface area (Å²) in [5.74, 6) is -1.88. The lowest BCUT2D eigenvalue weighted by Gasteiger charge is -2.29. The molecule has 1 aliphatic heterocycles. The Kier molecular flexibility index (Phi) is 3.65. The lowest BCUT2D eigenvalue weighted by Crippen LogP contribution is -2.42. The van der Waals surface area contributed by atoms with Crippen molar-refractivity contribution < 1.29 is 22.3 Å². The van der Waals surface area contributed by atoms with Crippen molar-refractivity contribution in [3.8, 4) is 0 Å². The minimum atomic E-state index is -3.95. The van der Waals surface area contributed by atoms with E-state index >= 15 is 0 Å². The fourth-order valence-electron chi connectivity index (χ4n) is 1.97. The van der Waals surface area contributed by atoms with Gasteiger partial charge >= 0.3 is 0 Å². The van der Waals surface area contributed by atoms with E-state index < -0.39 is 32.7 Å². The summed E-state index contributed by atoms with van der Waals surface area (Å²) >= 11 is 0. The van der Waals surface area contributed by atoms with Gasteiger partial charge in [-0.2, -0.15) is 4.31 Å². The summed E-state index contributed by atoms with van der Waals surface area (Å²) in [5, 5.41) is 9.44. The van der Waals surface area contributed by atoms with Crippen LogP contribution >= 0.6 is 0 Å². The Labute approximate surface area is 104 Å². The van der Waals surface area contributed by atoms with Crippen LogP contribution in [0, 0.1) is 11.6 Å². The van der Waals surface area contributed by atoms with Crippen LogP contribution in [0.1, 0.15) is 12.8 Å². The molecule has 0 radical (unpaired) electrons. The van der Waals surface area contributed by atoms with Crippen LogP contribution in [0.4, 0.5) is 8.78 Å². The van der Waals surface area contributed by atoms with E-state index in [1.807, 2.05) is 0 Å². The third kappa shape index (κ3) is 2.68. The van der Waals surface area contributed by atoms with Gasteiger partial charge in [0, 0.05) is 19.2 Å². The lowest BCUT2D eigenvalue weighted by molar-refractivity contribution is 0.108. The Hall–Kier alpha value is -1.05. The summed E-state index contributed by atoms with van der Waals surface area (Å²) in [5.41, 5.74) is 0. The SMILES string of the molecule is O=S(=O)(c1cc(F)cc(F)c1)N1CCC[C@H](O)C1. The first-order valence-electron chi connectivity index (χ1n) is 5.54. The average Bonchev–Trinajstić information content (AvgIpc) is 2.27. The van der Waals surface area contributed by atoms with Crippen molar-refractivity contribution in [2.75, 3.05) is 13.1 Å². The molecule has 2 rings (SSSR count). The summed E-state index contributed by atoms with van der Waals surface area (Å²) in [4.78, 5) is -0.422. The zero-order valence-electron chi connectivity index (χ0n) is 9.51. The number of hydrogen-bond donors (Lipinski definition) is 1. The van der Waals surface area contributed by atoms with E-state index in [0.717, 1.165) is 16.4 Å². The van der Waals surface area contributed by atoms with Crippen LogP contribution in [0.3, 0.4) is 0 Å². The van der Waals surface area contributed by atoms with E-state index in [1.165, 1.54) is 0 Å². The van der Waals surface area contributed by atoms with Crippen LogP contribution in [0.25, 0.3) is 0 Å². The van der Waals surface area contributed by atoms with Crippen molar-refractivity contribution in [3.05, 3.63) is 29.8 Å². The van der Waals surface area contributed by atoms with Crippen LogP contribution in [0.5, 0.6) is 0 Å². The molecule has 0 unspecified atom stereocenters. The molecule has 100 valence electrons. The number of benzene rings is 1. The molecule has 7 heteroatoms. The molecule has 0 saturated carbocycles. The molecule has 0 amide bonds. The molecule has 1 aliphatic rings. The van der Waals surface area contributed by atoms with Crippen LogP contribution in [-0.2, 0) is 10.0 Å². The Balaban J connectivity index is 2.35. The minimum absolute atomic E-state index is 0.0412. The molecule has 18 heavy (non-hydrogen) atoms. The van der Waals surface area contributed by atoms with E-state index in [1.54, 1.807) is 0 Å². The predicted molar refractivity (Wildman–Crippen MR) is 60.4 cm³/mol. The highest BCUT2D eigenvalue weighted by Crippen LogP contribution is 2.22. The predicted octanol–water partition coefficient (Wildman–Crippen LogP) is 1.11. The van der Waals surface area contributed by atoms with Gasteiger partial charge in [0.2, 0.25) is 10.0 Å². The summed E-state index contributed by atoms with van der Waals surface area (Å²) in [6, 6.07) is 2.17. The van der Waals surface area contributed by atoms with Gasteiger partial charge in [0.15, 0.2) is 0 Å². The molecule has 0 bridgehead atoms. The van der Waals surface area contributed by atoms with Gasteiger partial charge in [0.25, 0.3) is 0 Å². The molecule has 1 aromatic carbocycles. The molecule has 1 saturated heterocycles. The molecule has 1 N–H and O–H groups in total. The van der Waals surface area contributed by atoms with Gasteiger partial charge in [0.1, 0.15) is 11.6 Å². The lowest BCUT2D eigenvalue weighted by atomic mass is 10.1. The van der Waals surface area contributed by atoms with Gasteiger partial charge in [0.05, 0.1) is 11.0 Å². The zero-order chi connectivity index (χ0) is 13.3. The smallest absolute Gasteiger partial charge is 0.243 e. The maximum atomic E-state index is 13.0. The van der Waals surface area contributed by atoms with Crippen LogP contribution in [0.15, 0.2) is 23.1 Å². The maximum Gasteiger partial charge on any atom is 0.243 e. The molecule has 1 heterocycles. The topological polar surface area (TPSA) is 57.6 Å². The Bertz CT molecular complexity index is 527. The highest BCUT2D eigenvalue weighted by molar-refractivity contribution is 7.89. The van der Waals surface area contributed by atoms with E-state index in [4.69, 9.17) is 0 Å².